The lowest BCUT2D eigenvalue weighted by molar-refractivity contribution is 0.254. The molecule has 0 aromatic rings. The van der Waals surface area contributed by atoms with E-state index in [1.165, 1.54) is 0 Å². The van der Waals surface area contributed by atoms with Crippen molar-refractivity contribution in [3.05, 3.63) is 0 Å². The van der Waals surface area contributed by atoms with Gasteiger partial charge in [-0.15, -0.1) is 0 Å². The van der Waals surface area contributed by atoms with Crippen molar-refractivity contribution in [2.75, 3.05) is 0 Å². The third-order valence-corrected chi connectivity index (χ3v) is 0.468. The molecule has 0 atom stereocenters. The van der Waals surface area contributed by atoms with Crippen LogP contribution in [0.2, 0.25) is 0 Å². The van der Waals surface area contributed by atoms with E-state index in [0.29, 0.717) is 0 Å². The molecule has 2 amide bonds. The van der Waals surface area contributed by atoms with Crippen molar-refractivity contribution in [3.63, 3.8) is 0 Å². The zero-order valence-corrected chi connectivity index (χ0v) is 3.74. The van der Waals surface area contributed by atoms with Gasteiger partial charge in [-0.05, 0) is 0 Å². The van der Waals surface area contributed by atoms with Crippen molar-refractivity contribution >= 4 is 17.9 Å². The fourth-order valence-electron chi connectivity index (χ4n) is 0.0450. The first-order valence-corrected chi connectivity index (χ1v) is 1.96. The van der Waals surface area contributed by atoms with E-state index < -0.39 is 17.9 Å². The molecule has 0 fully saturated rings. The molecule has 0 spiro atoms. The van der Waals surface area contributed by atoms with Crippen molar-refractivity contribution in [1.82, 2.24) is 4.72 Å². The van der Waals surface area contributed by atoms with Gasteiger partial charge in [-0.2, -0.15) is 0 Å². The molecular formula is CH4N2O2S. The van der Waals surface area contributed by atoms with Gasteiger partial charge in [0.15, 0.2) is 0 Å². The van der Waals surface area contributed by atoms with E-state index >= 15 is 0 Å². The Bertz CT molecular complexity index is 71.9. The molecule has 0 aromatic carbocycles. The zero-order valence-electron chi connectivity index (χ0n) is 2.84. The predicted molar refractivity (Wildman–Crippen MR) is 22.3 cm³/mol. The maximum Gasteiger partial charge on any atom is 0.323 e. The predicted octanol–water partition coefficient (Wildman–Crippen LogP) is -1.48. The number of amides is 2. The fourth-order valence-corrected chi connectivity index (χ4v) is 0.135. The molecule has 0 aliphatic carbocycles. The highest BCUT2D eigenvalue weighted by Crippen LogP contribution is 1.44. The SMILES string of the molecule is NC(=O)N[SH]=O. The average molecular weight is 108 g/mol. The molecular weight excluding hydrogens is 104 g/mol. The number of urea groups is 1. The normalized spacial score (nSPS) is 7.33. The molecule has 0 aliphatic heterocycles. The lowest BCUT2D eigenvalue weighted by Gasteiger charge is -1.80. The van der Waals surface area contributed by atoms with Crippen molar-refractivity contribution < 1.29 is 9.00 Å². The minimum atomic E-state index is -0.785. The molecule has 0 saturated heterocycles. The molecule has 0 rings (SSSR count). The van der Waals surface area contributed by atoms with Gasteiger partial charge in [-0.3, -0.25) is 4.72 Å². The van der Waals surface area contributed by atoms with Crippen LogP contribution in [0.4, 0.5) is 4.79 Å². The Kier molecular flexibility index (Phi) is 2.39. The standard InChI is InChI=1S/CH4N2O2S/c2-1(4)3-6-5/h6H,(H3,2,3,4,5). The molecule has 0 unspecified atom stereocenters. The summed E-state index contributed by atoms with van der Waals surface area (Å²) in [5, 5.41) is 0. The fraction of sp³-hybridized carbons (Fsp3) is 0. The molecule has 4 nitrogen and oxygen atoms in total. The Hall–Kier alpha value is -0.580. The van der Waals surface area contributed by atoms with Gasteiger partial charge in [-0.1, -0.05) is 0 Å². The van der Waals surface area contributed by atoms with Gasteiger partial charge < -0.3 is 5.73 Å². The van der Waals surface area contributed by atoms with Gasteiger partial charge in [0.2, 0.25) is 0 Å². The third kappa shape index (κ3) is 3.42. The minimum Gasteiger partial charge on any atom is -0.351 e. The third-order valence-electron chi connectivity index (χ3n) is 0.156. The average Bonchev–Trinajstić information content (AvgIpc) is 1.35. The largest absolute Gasteiger partial charge is 0.351 e. The highest BCUT2D eigenvalue weighted by atomic mass is 32.2. The van der Waals surface area contributed by atoms with Crippen LogP contribution in [0.1, 0.15) is 0 Å². The van der Waals surface area contributed by atoms with Gasteiger partial charge in [0.1, 0.15) is 11.9 Å². The number of thiol groups is 1. The summed E-state index contributed by atoms with van der Waals surface area (Å²) in [7, 11) is 0. The van der Waals surface area contributed by atoms with Crippen LogP contribution >= 0.6 is 0 Å². The highest BCUT2D eigenvalue weighted by molar-refractivity contribution is 7.64. The van der Waals surface area contributed by atoms with E-state index in [1.807, 2.05) is 0 Å². The van der Waals surface area contributed by atoms with Gasteiger partial charge in [0.05, 0.1) is 0 Å². The van der Waals surface area contributed by atoms with Crippen molar-refractivity contribution in [2.45, 2.75) is 0 Å². The van der Waals surface area contributed by atoms with Gasteiger partial charge in [0.25, 0.3) is 0 Å². The Morgan fingerprint density at radius 2 is 2.33 bits per heavy atom. The maximum atomic E-state index is 9.50. The monoisotopic (exact) mass is 108 g/mol. The molecule has 3 N–H and O–H groups in total. The first-order chi connectivity index (χ1) is 2.77. The number of hydrogen-bond donors (Lipinski definition) is 3. The second kappa shape index (κ2) is 2.65. The molecule has 36 valence electrons. The van der Waals surface area contributed by atoms with E-state index in [9.17, 15) is 9.00 Å². The molecule has 0 bridgehead atoms. The smallest absolute Gasteiger partial charge is 0.323 e. The summed E-state index contributed by atoms with van der Waals surface area (Å²) in [4.78, 5) is 9.50. The molecule has 5 heteroatoms. The summed E-state index contributed by atoms with van der Waals surface area (Å²) in [5.41, 5.74) is 4.45. The summed E-state index contributed by atoms with van der Waals surface area (Å²) in [6.45, 7) is 0. The first kappa shape index (κ1) is 5.42. The van der Waals surface area contributed by atoms with E-state index in [1.54, 1.807) is 4.72 Å². The Labute approximate surface area is 38.3 Å². The van der Waals surface area contributed by atoms with E-state index in [0.717, 1.165) is 0 Å². The van der Waals surface area contributed by atoms with Crippen LogP contribution in [0.15, 0.2) is 0 Å². The number of nitrogens with two attached hydrogens (primary N) is 1. The Morgan fingerprint density at radius 1 is 1.83 bits per heavy atom. The van der Waals surface area contributed by atoms with Gasteiger partial charge in [-0.25, -0.2) is 9.00 Å². The second-order valence-electron chi connectivity index (χ2n) is 0.567. The molecule has 0 aromatic heterocycles. The van der Waals surface area contributed by atoms with E-state index in [-0.39, 0.29) is 0 Å². The number of hydrogen-bond acceptors (Lipinski definition) is 2. The summed E-state index contributed by atoms with van der Waals surface area (Å²) < 4.78 is 11.1. The molecule has 6 heavy (non-hydrogen) atoms. The van der Waals surface area contributed by atoms with Crippen LogP contribution in [0.3, 0.4) is 0 Å². The number of carbonyl (C=O) groups excluding carboxylic acids is 1. The number of nitrogens with one attached hydrogen (secondary N) is 1. The quantitative estimate of drug-likeness (QED) is 0.358. The second-order valence-corrected chi connectivity index (χ2v) is 0.974. The number of rotatable bonds is 1. The van der Waals surface area contributed by atoms with E-state index in [2.05, 4.69) is 5.73 Å². The molecule has 0 heterocycles. The lowest BCUT2D eigenvalue weighted by atomic mass is 11.2. The molecule has 0 radical (unpaired) electrons. The summed E-state index contributed by atoms with van der Waals surface area (Å²) in [6, 6.07) is -0.785. The van der Waals surface area contributed by atoms with Crippen LogP contribution in [-0.2, 0) is 11.9 Å². The van der Waals surface area contributed by atoms with Crippen LogP contribution < -0.4 is 10.5 Å². The summed E-state index contributed by atoms with van der Waals surface area (Å²) >= 11 is -0.451. The van der Waals surface area contributed by atoms with Crippen LogP contribution in [0.25, 0.3) is 0 Å². The number of carbonyl (C=O) groups is 1. The zero-order chi connectivity index (χ0) is 4.99. The van der Waals surface area contributed by atoms with Crippen molar-refractivity contribution in [2.24, 2.45) is 5.73 Å². The van der Waals surface area contributed by atoms with Crippen molar-refractivity contribution in [3.8, 4) is 0 Å². The molecule has 0 saturated carbocycles. The van der Waals surface area contributed by atoms with Crippen LogP contribution in [0.5, 0.6) is 0 Å². The summed E-state index contributed by atoms with van der Waals surface area (Å²) in [6.07, 6.45) is 0. The molecule has 0 aliphatic rings. The Morgan fingerprint density at radius 3 is 2.33 bits per heavy atom. The summed E-state index contributed by atoms with van der Waals surface area (Å²) in [5.74, 6) is 0. The maximum absolute atomic E-state index is 9.50. The minimum absolute atomic E-state index is 0.451. The van der Waals surface area contributed by atoms with Crippen LogP contribution in [0, 0.1) is 0 Å². The Balaban J connectivity index is 3.05. The number of primary amides is 1. The van der Waals surface area contributed by atoms with E-state index in [4.69, 9.17) is 0 Å². The topological polar surface area (TPSA) is 72.2 Å². The highest BCUT2D eigenvalue weighted by Gasteiger charge is 1.78. The van der Waals surface area contributed by atoms with Crippen molar-refractivity contribution in [1.29, 1.82) is 0 Å². The lowest BCUT2D eigenvalue weighted by Crippen LogP contribution is -2.24. The van der Waals surface area contributed by atoms with Gasteiger partial charge >= 0.3 is 6.03 Å². The van der Waals surface area contributed by atoms with Crippen LogP contribution in [-0.4, -0.2) is 10.2 Å². The first-order valence-electron chi connectivity index (χ1n) is 1.15. The van der Waals surface area contributed by atoms with Gasteiger partial charge in [0, 0.05) is 0 Å².